The third-order valence-electron chi connectivity index (χ3n) is 5.26. The van der Waals surface area contributed by atoms with Gasteiger partial charge in [-0.1, -0.05) is 35.3 Å². The van der Waals surface area contributed by atoms with E-state index in [2.05, 4.69) is 40.0 Å². The van der Waals surface area contributed by atoms with Crippen LogP contribution in [0.3, 0.4) is 0 Å². The highest BCUT2D eigenvalue weighted by molar-refractivity contribution is 6.35. The molecule has 4 rings (SSSR count). The van der Waals surface area contributed by atoms with Crippen molar-refractivity contribution in [1.29, 1.82) is 0 Å². The van der Waals surface area contributed by atoms with Crippen molar-refractivity contribution in [2.75, 3.05) is 26.7 Å². The second-order valence-electron chi connectivity index (χ2n) is 7.09. The van der Waals surface area contributed by atoms with Gasteiger partial charge in [0, 0.05) is 47.6 Å². The van der Waals surface area contributed by atoms with Crippen molar-refractivity contribution >= 4 is 29.3 Å². The Morgan fingerprint density at radius 3 is 2.88 bits per heavy atom. The Bertz CT molecular complexity index is 796. The Kier molecular flexibility index (Phi) is 4.92. The molecule has 0 amide bonds. The number of nitrogens with one attached hydrogen (secondary N) is 1. The summed E-state index contributed by atoms with van der Waals surface area (Å²) in [7, 11) is 2.20. The molecule has 1 unspecified atom stereocenters. The molecule has 3 nitrogen and oxygen atoms in total. The molecule has 1 aromatic heterocycles. The third-order valence-corrected chi connectivity index (χ3v) is 5.85. The molecular weight excluding hydrogens is 353 g/mol. The Balaban J connectivity index is 1.61. The number of aromatic nitrogens is 1. The van der Waals surface area contributed by atoms with Gasteiger partial charge in [0.15, 0.2) is 0 Å². The number of hydrogen-bond acceptors (Lipinski definition) is 2. The largest absolute Gasteiger partial charge is 0.357 e. The van der Waals surface area contributed by atoms with Crippen LogP contribution in [0, 0.1) is 0 Å². The van der Waals surface area contributed by atoms with Crippen LogP contribution in [0.15, 0.2) is 30.3 Å². The highest BCUT2D eigenvalue weighted by Gasteiger charge is 2.29. The van der Waals surface area contributed by atoms with Crippen molar-refractivity contribution in [3.05, 3.63) is 62.9 Å². The third kappa shape index (κ3) is 3.65. The average Bonchev–Trinajstić information content (AvgIpc) is 3.02. The molecule has 0 saturated carbocycles. The maximum absolute atomic E-state index is 6.42. The lowest BCUT2D eigenvalue weighted by Crippen LogP contribution is -2.46. The summed E-state index contributed by atoms with van der Waals surface area (Å²) in [4.78, 5) is 8.58. The summed E-state index contributed by atoms with van der Waals surface area (Å²) in [5, 5.41) is 1.44. The van der Waals surface area contributed by atoms with Crippen molar-refractivity contribution in [1.82, 2.24) is 14.8 Å². The first-order valence-electron chi connectivity index (χ1n) is 8.85. The van der Waals surface area contributed by atoms with Gasteiger partial charge in [-0.15, -0.1) is 0 Å². The zero-order chi connectivity index (χ0) is 17.4. The molecule has 1 aliphatic heterocycles. The van der Waals surface area contributed by atoms with E-state index in [4.69, 9.17) is 23.2 Å². The lowest BCUT2D eigenvalue weighted by molar-refractivity contribution is 0.0813. The Morgan fingerprint density at radius 2 is 2.08 bits per heavy atom. The fourth-order valence-electron chi connectivity index (χ4n) is 3.82. The number of H-pyrrole nitrogens is 1. The van der Waals surface area contributed by atoms with Gasteiger partial charge in [0.1, 0.15) is 0 Å². The van der Waals surface area contributed by atoms with Crippen molar-refractivity contribution in [3.63, 3.8) is 0 Å². The lowest BCUT2D eigenvalue weighted by Gasteiger charge is -2.40. The van der Waals surface area contributed by atoms with Gasteiger partial charge in [-0.3, -0.25) is 4.90 Å². The van der Waals surface area contributed by atoms with Crippen LogP contribution in [-0.4, -0.2) is 41.5 Å². The Morgan fingerprint density at radius 1 is 1.20 bits per heavy atom. The molecule has 1 aromatic carbocycles. The van der Waals surface area contributed by atoms with E-state index < -0.39 is 0 Å². The minimum atomic E-state index is 0.351. The zero-order valence-electron chi connectivity index (χ0n) is 14.4. The van der Waals surface area contributed by atoms with Crippen LogP contribution >= 0.6 is 23.2 Å². The number of halogens is 2. The summed E-state index contributed by atoms with van der Waals surface area (Å²) in [6, 6.07) is 8.51. The van der Waals surface area contributed by atoms with E-state index in [9.17, 15) is 0 Å². The number of likely N-dealkylation sites (N-methyl/N-ethyl adjacent to an activating group) is 1. The predicted molar refractivity (Wildman–Crippen MR) is 105 cm³/mol. The van der Waals surface area contributed by atoms with Crippen LogP contribution in [0.25, 0.3) is 6.08 Å². The molecule has 1 N–H and O–H groups in total. The van der Waals surface area contributed by atoms with Gasteiger partial charge < -0.3 is 9.88 Å². The first kappa shape index (κ1) is 17.2. The monoisotopic (exact) mass is 375 g/mol. The van der Waals surface area contributed by atoms with Crippen LogP contribution in [0.5, 0.6) is 0 Å². The minimum absolute atomic E-state index is 0.351. The highest BCUT2D eigenvalue weighted by Crippen LogP contribution is 2.31. The van der Waals surface area contributed by atoms with E-state index in [0.717, 1.165) is 49.6 Å². The molecule has 0 spiro atoms. The standard InChI is InChI=1S/C20H23Cl2N3/c1-24-8-9-25(12-15-6-7-16(21)11-17(15)22)20(13-24)19-10-14-4-2-3-5-18(14)23-19/h3,5-7,10-11,20,23H,2,4,8-9,12-13H2,1H3. The quantitative estimate of drug-likeness (QED) is 0.834. The van der Waals surface area contributed by atoms with E-state index in [-0.39, 0.29) is 0 Å². The summed E-state index contributed by atoms with van der Waals surface area (Å²) in [5.74, 6) is 0. The van der Waals surface area contributed by atoms with Gasteiger partial charge in [-0.05, 0) is 55.3 Å². The number of nitrogens with zero attached hydrogens (tertiary/aromatic N) is 2. The second-order valence-corrected chi connectivity index (χ2v) is 7.93. The molecule has 0 radical (unpaired) electrons. The minimum Gasteiger partial charge on any atom is -0.357 e. The van der Waals surface area contributed by atoms with Crippen LogP contribution in [-0.2, 0) is 13.0 Å². The van der Waals surface area contributed by atoms with Gasteiger partial charge in [0.2, 0.25) is 0 Å². The molecule has 5 heteroatoms. The number of benzene rings is 1. The molecule has 1 atom stereocenters. The Labute approximate surface area is 159 Å². The smallest absolute Gasteiger partial charge is 0.0630 e. The summed E-state index contributed by atoms with van der Waals surface area (Å²) in [6.07, 6.45) is 6.74. The van der Waals surface area contributed by atoms with Crippen LogP contribution in [0.2, 0.25) is 10.0 Å². The molecular formula is C20H23Cl2N3. The van der Waals surface area contributed by atoms with Crippen LogP contribution in [0.4, 0.5) is 0 Å². The molecule has 0 bridgehead atoms. The molecule has 2 aliphatic rings. The number of hydrogen-bond donors (Lipinski definition) is 1. The van der Waals surface area contributed by atoms with E-state index in [1.807, 2.05) is 18.2 Å². The van der Waals surface area contributed by atoms with Crippen LogP contribution < -0.4 is 0 Å². The molecule has 1 aliphatic carbocycles. The highest BCUT2D eigenvalue weighted by atomic mass is 35.5. The number of piperazine rings is 1. The number of aryl methyl sites for hydroxylation is 1. The van der Waals surface area contributed by atoms with Gasteiger partial charge in [-0.2, -0.15) is 0 Å². The van der Waals surface area contributed by atoms with Gasteiger partial charge in [-0.25, -0.2) is 0 Å². The molecule has 132 valence electrons. The van der Waals surface area contributed by atoms with Crippen molar-refractivity contribution < 1.29 is 0 Å². The first-order chi connectivity index (χ1) is 12.1. The second kappa shape index (κ2) is 7.16. The maximum Gasteiger partial charge on any atom is 0.0630 e. The van der Waals surface area contributed by atoms with Crippen molar-refractivity contribution in [2.24, 2.45) is 0 Å². The average molecular weight is 376 g/mol. The van der Waals surface area contributed by atoms with Crippen LogP contribution in [0.1, 0.15) is 35.0 Å². The maximum atomic E-state index is 6.42. The van der Waals surface area contributed by atoms with Crippen molar-refractivity contribution in [2.45, 2.75) is 25.4 Å². The Hall–Kier alpha value is -1.26. The van der Waals surface area contributed by atoms with E-state index in [1.165, 1.54) is 17.0 Å². The van der Waals surface area contributed by atoms with Crippen molar-refractivity contribution in [3.8, 4) is 0 Å². The summed E-state index contributed by atoms with van der Waals surface area (Å²) in [6.45, 7) is 3.96. The molecule has 2 heterocycles. The first-order valence-corrected chi connectivity index (χ1v) is 9.60. The fourth-order valence-corrected chi connectivity index (χ4v) is 4.29. The number of rotatable bonds is 3. The van der Waals surface area contributed by atoms with E-state index >= 15 is 0 Å². The van der Waals surface area contributed by atoms with Gasteiger partial charge in [0.25, 0.3) is 0 Å². The molecule has 1 saturated heterocycles. The number of aromatic amines is 1. The van der Waals surface area contributed by atoms with Gasteiger partial charge in [0.05, 0.1) is 6.04 Å². The molecule has 2 aromatic rings. The summed E-state index contributed by atoms with van der Waals surface area (Å²) in [5.41, 5.74) is 5.17. The summed E-state index contributed by atoms with van der Waals surface area (Å²) < 4.78 is 0. The summed E-state index contributed by atoms with van der Waals surface area (Å²) >= 11 is 12.5. The predicted octanol–water partition coefficient (Wildman–Crippen LogP) is 4.77. The number of allylic oxidation sites excluding steroid dienone is 1. The van der Waals surface area contributed by atoms with Gasteiger partial charge >= 0.3 is 0 Å². The topological polar surface area (TPSA) is 22.3 Å². The zero-order valence-corrected chi connectivity index (χ0v) is 15.9. The lowest BCUT2D eigenvalue weighted by atomic mass is 10.0. The van der Waals surface area contributed by atoms with E-state index in [0.29, 0.717) is 11.1 Å². The molecule has 1 fully saturated rings. The fraction of sp³-hybridized carbons (Fsp3) is 0.400. The SMILES string of the molecule is CN1CCN(Cc2ccc(Cl)cc2Cl)C(c2cc3c([nH]2)C=CCC3)C1. The number of fused-ring (bicyclic) bond motifs is 1. The van der Waals surface area contributed by atoms with E-state index in [1.54, 1.807) is 0 Å². The normalized spacial score (nSPS) is 21.5. The molecule has 25 heavy (non-hydrogen) atoms.